The first-order chi connectivity index (χ1) is 50.7. The van der Waals surface area contributed by atoms with Gasteiger partial charge in [0, 0.05) is 61.5 Å². The van der Waals surface area contributed by atoms with Crippen molar-refractivity contribution in [1.29, 1.82) is 0 Å². The maximum atomic E-state index is 2.75. The molecule has 0 N–H and O–H groups in total. The van der Waals surface area contributed by atoms with E-state index >= 15 is 0 Å². The van der Waals surface area contributed by atoms with Crippen molar-refractivity contribution in [2.45, 2.75) is 131 Å². The Morgan fingerprint density at radius 1 is 0.245 bits per heavy atom. The van der Waals surface area contributed by atoms with Crippen LogP contribution in [-0.2, 0) is 27.1 Å². The second-order valence-electron chi connectivity index (χ2n) is 35.4. The third-order valence-corrected chi connectivity index (χ3v) is 23.2. The van der Waals surface area contributed by atoms with Gasteiger partial charge >= 0.3 is 0 Å². The fourth-order valence-electron chi connectivity index (χ4n) is 17.4. The Bertz CT molecular complexity index is 6030. The second-order valence-corrected chi connectivity index (χ2v) is 35.4. The molecule has 0 saturated heterocycles. The number of para-hydroxylation sites is 2. The lowest BCUT2D eigenvalue weighted by atomic mass is 9.33. The predicted molar refractivity (Wildman–Crippen MR) is 459 cm³/mol. The van der Waals surface area contributed by atoms with Crippen LogP contribution >= 0.6 is 0 Å². The molecule has 0 radical (unpaired) electrons. The Morgan fingerprint density at radius 3 is 1.08 bits per heavy atom. The van der Waals surface area contributed by atoms with E-state index in [-0.39, 0.29) is 33.8 Å². The molecule has 4 heteroatoms. The number of aromatic nitrogens is 1. The molecular formula is C102H92BN3. The standard InChI is InChI=1S/C102H92BN3/c1-98(2,3)71-50-68-44-45-69-51-72(99(4,5)6)59-84-79(53-70(52-71)93(68)94(69)84)67-46-49-89-86(54-67)103-85-48-47-76(104-87-42-30-28-40-77(87)78-41-29-31-43-88(78)104)62-90(85)106(97-82(65-36-24-18-25-37-65)57-74(101(10,11)12)58-83(97)66-38-26-19-27-39-66)92-61-75(102(13,14)15)60-91(95(92)103)105(89)96-80(63-32-20-16-21-33-63)55-73(100(7,8)9)56-81(96)64-34-22-17-23-35-64/h16-62H,1-15H3. The van der Waals surface area contributed by atoms with Crippen LogP contribution in [-0.4, -0.2) is 11.3 Å². The van der Waals surface area contributed by atoms with Crippen molar-refractivity contribution < 1.29 is 0 Å². The molecule has 0 saturated carbocycles. The first kappa shape index (κ1) is 66.7. The van der Waals surface area contributed by atoms with Crippen molar-refractivity contribution in [3.05, 3.63) is 313 Å². The van der Waals surface area contributed by atoms with E-state index < -0.39 is 0 Å². The lowest BCUT2D eigenvalue weighted by molar-refractivity contribution is 0.590. The molecule has 18 rings (SSSR count). The summed E-state index contributed by atoms with van der Waals surface area (Å²) in [7, 11) is 0. The molecule has 0 unspecified atom stereocenters. The van der Waals surface area contributed by atoms with Crippen molar-refractivity contribution in [3.63, 3.8) is 0 Å². The van der Waals surface area contributed by atoms with E-state index in [1.165, 1.54) is 154 Å². The van der Waals surface area contributed by atoms with Crippen molar-refractivity contribution >= 4 is 111 Å². The first-order valence-corrected chi connectivity index (χ1v) is 38.2. The number of fused-ring (bicyclic) bond motifs is 7. The molecule has 0 aliphatic carbocycles. The van der Waals surface area contributed by atoms with E-state index in [9.17, 15) is 0 Å². The summed E-state index contributed by atoms with van der Waals surface area (Å²) in [5.41, 5.74) is 31.6. The molecule has 3 heterocycles. The van der Waals surface area contributed by atoms with Gasteiger partial charge < -0.3 is 14.4 Å². The van der Waals surface area contributed by atoms with Crippen molar-refractivity contribution in [2.75, 3.05) is 9.80 Å². The average Bonchev–Trinajstić information content (AvgIpc) is 0.705. The fraction of sp³-hybridized carbons (Fsp3) is 0.196. The number of nitrogens with zero attached hydrogens (tertiary/aromatic N) is 3. The van der Waals surface area contributed by atoms with Crippen LogP contribution in [0.1, 0.15) is 132 Å². The Labute approximate surface area is 626 Å². The van der Waals surface area contributed by atoms with Crippen LogP contribution in [0, 0.1) is 0 Å². The molecule has 2 aliphatic rings. The predicted octanol–water partition coefficient (Wildman–Crippen LogP) is 26.6. The Kier molecular flexibility index (Phi) is 15.2. The van der Waals surface area contributed by atoms with Gasteiger partial charge in [-0.15, -0.1) is 0 Å². The average molecular weight is 1370 g/mol. The summed E-state index contributed by atoms with van der Waals surface area (Å²) in [5.74, 6) is 0. The zero-order chi connectivity index (χ0) is 73.3. The molecular weight excluding hydrogens is 1280 g/mol. The number of hydrogen-bond acceptors (Lipinski definition) is 2. The largest absolute Gasteiger partial charge is 0.310 e. The van der Waals surface area contributed by atoms with Gasteiger partial charge in [-0.05, 0) is 216 Å². The second kappa shape index (κ2) is 24.2. The highest BCUT2D eigenvalue weighted by Crippen LogP contribution is 2.56. The SMILES string of the molecule is CC(C)(C)c1cc(-c2ccccc2)c(N2c3ccc(-c4cc5cc(C(C)(C)C)cc6ccc7cc(C(C)(C)C)cc4c7c65)cc3B3c4ccc(-n5c6ccccc6c6ccccc65)cc4N(c4c(-c5ccccc5)cc(C(C)(C)C)cc4-c4ccccc4)c4cc(C(C)(C)C)cc2c43)c(-c2ccccc2)c1. The van der Waals surface area contributed by atoms with Crippen LogP contribution in [0.3, 0.4) is 0 Å². The number of hydrogen-bond donors (Lipinski definition) is 0. The lowest BCUT2D eigenvalue weighted by Gasteiger charge is -2.47. The van der Waals surface area contributed by atoms with Gasteiger partial charge in [0.15, 0.2) is 0 Å². The van der Waals surface area contributed by atoms with E-state index in [1.807, 2.05) is 0 Å². The highest BCUT2D eigenvalue weighted by atomic mass is 15.2. The molecule has 1 aromatic heterocycles. The Balaban J connectivity index is 1.04. The molecule has 16 aromatic rings. The van der Waals surface area contributed by atoms with Gasteiger partial charge in [-0.2, -0.15) is 0 Å². The highest BCUT2D eigenvalue weighted by Gasteiger charge is 2.47. The van der Waals surface area contributed by atoms with Crippen molar-refractivity contribution in [1.82, 2.24) is 4.57 Å². The van der Waals surface area contributed by atoms with E-state index in [4.69, 9.17) is 0 Å². The van der Waals surface area contributed by atoms with Crippen LogP contribution in [0.25, 0.3) is 115 Å². The summed E-state index contributed by atoms with van der Waals surface area (Å²) >= 11 is 0. The van der Waals surface area contributed by atoms with Crippen molar-refractivity contribution in [3.8, 4) is 61.3 Å². The fourth-order valence-corrected chi connectivity index (χ4v) is 17.4. The van der Waals surface area contributed by atoms with Crippen LogP contribution in [0.15, 0.2) is 285 Å². The van der Waals surface area contributed by atoms with Gasteiger partial charge in [0.05, 0.1) is 22.4 Å². The molecule has 3 nitrogen and oxygen atoms in total. The van der Waals surface area contributed by atoms with Crippen LogP contribution in [0.5, 0.6) is 0 Å². The summed E-state index contributed by atoms with van der Waals surface area (Å²) in [4.78, 5) is 5.50. The van der Waals surface area contributed by atoms with Crippen LogP contribution in [0.4, 0.5) is 34.1 Å². The molecule has 518 valence electrons. The lowest BCUT2D eigenvalue weighted by Crippen LogP contribution is -2.61. The molecule has 2 aliphatic heterocycles. The number of rotatable bonds is 8. The summed E-state index contributed by atoms with van der Waals surface area (Å²) in [6, 6.07) is 111. The van der Waals surface area contributed by atoms with Gasteiger partial charge in [0.1, 0.15) is 0 Å². The van der Waals surface area contributed by atoms with Gasteiger partial charge in [0.2, 0.25) is 0 Å². The normalized spacial score (nSPS) is 13.4. The third kappa shape index (κ3) is 10.9. The topological polar surface area (TPSA) is 11.4 Å². The molecule has 0 atom stereocenters. The molecule has 106 heavy (non-hydrogen) atoms. The summed E-state index contributed by atoms with van der Waals surface area (Å²) in [6.07, 6.45) is 0. The van der Waals surface area contributed by atoms with E-state index in [1.54, 1.807) is 0 Å². The smallest absolute Gasteiger partial charge is 0.252 e. The van der Waals surface area contributed by atoms with Gasteiger partial charge in [-0.25, -0.2) is 0 Å². The minimum atomic E-state index is -0.318. The zero-order valence-electron chi connectivity index (χ0n) is 64.1. The zero-order valence-corrected chi connectivity index (χ0v) is 64.1. The third-order valence-electron chi connectivity index (χ3n) is 23.2. The number of anilines is 6. The maximum absolute atomic E-state index is 2.75. The van der Waals surface area contributed by atoms with Gasteiger partial charge in [0.25, 0.3) is 6.71 Å². The van der Waals surface area contributed by atoms with E-state index in [2.05, 4.69) is 403 Å². The molecule has 0 fully saturated rings. The Hall–Kier alpha value is -11.2. The van der Waals surface area contributed by atoms with Gasteiger partial charge in [-0.3, -0.25) is 0 Å². The Morgan fingerprint density at radius 2 is 0.632 bits per heavy atom. The summed E-state index contributed by atoms with van der Waals surface area (Å²) in [6.45, 7) is 35.3. The molecule has 0 spiro atoms. The first-order valence-electron chi connectivity index (χ1n) is 38.2. The van der Waals surface area contributed by atoms with E-state index in [0.717, 1.165) is 39.6 Å². The maximum Gasteiger partial charge on any atom is 0.252 e. The summed E-state index contributed by atoms with van der Waals surface area (Å²) < 4.78 is 2.52. The van der Waals surface area contributed by atoms with Gasteiger partial charge in [-0.1, -0.05) is 310 Å². The summed E-state index contributed by atoms with van der Waals surface area (Å²) in [5, 5.41) is 10.3. The van der Waals surface area contributed by atoms with Crippen LogP contribution < -0.4 is 26.2 Å². The number of benzene rings is 15. The van der Waals surface area contributed by atoms with Crippen molar-refractivity contribution in [2.24, 2.45) is 0 Å². The molecule has 15 aromatic carbocycles. The monoisotopic (exact) mass is 1370 g/mol. The molecule has 0 bridgehead atoms. The quantitative estimate of drug-likeness (QED) is 0.111. The van der Waals surface area contributed by atoms with Crippen LogP contribution in [0.2, 0.25) is 0 Å². The molecule has 0 amide bonds. The highest BCUT2D eigenvalue weighted by molar-refractivity contribution is 7.00. The minimum absolute atomic E-state index is 0.0679. The van der Waals surface area contributed by atoms with E-state index in [0.29, 0.717) is 0 Å². The minimum Gasteiger partial charge on any atom is -0.310 e.